The maximum absolute atomic E-state index is 13.1. The first kappa shape index (κ1) is 20.6. The molecule has 1 aliphatic rings. The van der Waals surface area contributed by atoms with E-state index in [4.69, 9.17) is 0 Å². The molecule has 1 fully saturated rings. The average Bonchev–Trinajstić information content (AvgIpc) is 3.35. The highest BCUT2D eigenvalue weighted by Crippen LogP contribution is 2.31. The Morgan fingerprint density at radius 3 is 2.63 bits per heavy atom. The Labute approximate surface area is 177 Å². The molecule has 1 amide bonds. The van der Waals surface area contributed by atoms with Crippen LogP contribution in [0.15, 0.2) is 24.7 Å². The second-order valence-electron chi connectivity index (χ2n) is 8.96. The second kappa shape index (κ2) is 8.22. The molecule has 0 aliphatic carbocycles. The van der Waals surface area contributed by atoms with Crippen LogP contribution in [0.1, 0.15) is 68.1 Å². The first-order valence-electron chi connectivity index (χ1n) is 10.9. The van der Waals surface area contributed by atoms with Crippen LogP contribution in [0.25, 0.3) is 16.9 Å². The van der Waals surface area contributed by atoms with Crippen molar-refractivity contribution < 1.29 is 4.79 Å². The molecule has 160 valence electrons. The van der Waals surface area contributed by atoms with Gasteiger partial charge in [-0.15, -0.1) is 0 Å². The predicted octanol–water partition coefficient (Wildman–Crippen LogP) is 3.76. The van der Waals surface area contributed by atoms with Crippen LogP contribution in [0.5, 0.6) is 0 Å². The van der Waals surface area contributed by atoms with Crippen molar-refractivity contribution in [2.45, 2.75) is 65.5 Å². The van der Waals surface area contributed by atoms with Crippen LogP contribution in [-0.4, -0.2) is 55.6 Å². The monoisotopic (exact) mass is 408 g/mol. The molecule has 0 unspecified atom stereocenters. The Morgan fingerprint density at radius 1 is 1.23 bits per heavy atom. The zero-order valence-electron chi connectivity index (χ0n) is 18.6. The molecule has 4 heterocycles. The number of amides is 1. The molecule has 2 N–H and O–H groups in total. The summed E-state index contributed by atoms with van der Waals surface area (Å²) in [5.41, 5.74) is 5.42. The first-order valence-corrected chi connectivity index (χ1v) is 10.9. The fourth-order valence-corrected chi connectivity index (χ4v) is 4.46. The fraction of sp³-hybridized carbons (Fsp3) is 0.522. The molecule has 3 aromatic rings. The highest BCUT2D eigenvalue weighted by molar-refractivity contribution is 5.96. The number of nitrogens with zero attached hydrogens (tertiary/aromatic N) is 4. The van der Waals surface area contributed by atoms with Gasteiger partial charge in [0.05, 0.1) is 5.69 Å². The number of hydrogen-bond donors (Lipinski definition) is 2. The Balaban J connectivity index is 1.59. The predicted molar refractivity (Wildman–Crippen MR) is 119 cm³/mol. The van der Waals surface area contributed by atoms with Gasteiger partial charge in [0.25, 0.3) is 5.91 Å². The van der Waals surface area contributed by atoms with Gasteiger partial charge < -0.3 is 14.6 Å². The van der Waals surface area contributed by atoms with Crippen LogP contribution < -0.4 is 5.32 Å². The van der Waals surface area contributed by atoms with Gasteiger partial charge >= 0.3 is 0 Å². The molecule has 0 saturated carbocycles. The average molecular weight is 409 g/mol. The highest BCUT2D eigenvalue weighted by atomic mass is 16.2. The second-order valence-corrected chi connectivity index (χ2v) is 8.96. The SMILES string of the molecule is Cc1cc(-c2[nH]nc(C(=O)NC3CCN(C(C)C)CC3)c2C(C)C)cn2ccnc12. The lowest BCUT2D eigenvalue weighted by Gasteiger charge is -2.34. The van der Waals surface area contributed by atoms with Crippen molar-refractivity contribution >= 4 is 11.6 Å². The van der Waals surface area contributed by atoms with Crippen molar-refractivity contribution in [2.24, 2.45) is 0 Å². The number of likely N-dealkylation sites (tertiary alicyclic amines) is 1. The first-order chi connectivity index (χ1) is 14.3. The van der Waals surface area contributed by atoms with E-state index in [-0.39, 0.29) is 17.9 Å². The fourth-order valence-electron chi connectivity index (χ4n) is 4.46. The van der Waals surface area contributed by atoms with Gasteiger partial charge in [0.1, 0.15) is 5.65 Å². The van der Waals surface area contributed by atoms with Crippen LogP contribution >= 0.6 is 0 Å². The number of aromatic nitrogens is 4. The quantitative estimate of drug-likeness (QED) is 0.674. The molecular weight excluding hydrogens is 376 g/mol. The molecule has 7 heteroatoms. The summed E-state index contributed by atoms with van der Waals surface area (Å²) in [4.78, 5) is 20.0. The van der Waals surface area contributed by atoms with Crippen molar-refractivity contribution in [2.75, 3.05) is 13.1 Å². The summed E-state index contributed by atoms with van der Waals surface area (Å²) >= 11 is 0. The molecule has 30 heavy (non-hydrogen) atoms. The Morgan fingerprint density at radius 2 is 1.97 bits per heavy atom. The summed E-state index contributed by atoms with van der Waals surface area (Å²) in [5.74, 6) is 0.0886. The molecular formula is C23H32N6O. The summed E-state index contributed by atoms with van der Waals surface area (Å²) in [6, 6.07) is 2.86. The van der Waals surface area contributed by atoms with Gasteiger partial charge in [-0.05, 0) is 51.2 Å². The van der Waals surface area contributed by atoms with E-state index in [1.807, 2.05) is 23.7 Å². The number of pyridine rings is 1. The van der Waals surface area contributed by atoms with E-state index in [9.17, 15) is 4.79 Å². The van der Waals surface area contributed by atoms with Gasteiger partial charge in [0.15, 0.2) is 5.69 Å². The van der Waals surface area contributed by atoms with E-state index in [1.165, 1.54) is 0 Å². The zero-order valence-corrected chi connectivity index (χ0v) is 18.6. The third kappa shape index (κ3) is 3.86. The van der Waals surface area contributed by atoms with Crippen molar-refractivity contribution in [3.05, 3.63) is 41.5 Å². The number of fused-ring (bicyclic) bond motifs is 1. The van der Waals surface area contributed by atoms with E-state index in [0.29, 0.717) is 11.7 Å². The lowest BCUT2D eigenvalue weighted by molar-refractivity contribution is 0.0894. The number of carbonyl (C=O) groups excluding carboxylic acids is 1. The van der Waals surface area contributed by atoms with Gasteiger partial charge in [0, 0.05) is 54.9 Å². The van der Waals surface area contributed by atoms with Crippen LogP contribution in [0, 0.1) is 6.92 Å². The minimum atomic E-state index is -0.0790. The highest BCUT2D eigenvalue weighted by Gasteiger charge is 2.27. The van der Waals surface area contributed by atoms with E-state index in [2.05, 4.69) is 59.2 Å². The van der Waals surface area contributed by atoms with Crippen LogP contribution in [0.4, 0.5) is 0 Å². The lowest BCUT2D eigenvalue weighted by atomic mass is 9.96. The number of H-pyrrole nitrogens is 1. The summed E-state index contributed by atoms with van der Waals surface area (Å²) in [7, 11) is 0. The number of aryl methyl sites for hydroxylation is 1. The number of rotatable bonds is 5. The van der Waals surface area contributed by atoms with Gasteiger partial charge in [-0.2, -0.15) is 5.10 Å². The third-order valence-corrected chi connectivity index (χ3v) is 6.15. The van der Waals surface area contributed by atoms with Gasteiger partial charge in [-0.3, -0.25) is 9.89 Å². The van der Waals surface area contributed by atoms with Gasteiger partial charge in [0.2, 0.25) is 0 Å². The molecule has 1 aliphatic heterocycles. The number of imidazole rings is 1. The summed E-state index contributed by atoms with van der Waals surface area (Å²) in [5, 5.41) is 10.8. The molecule has 0 atom stereocenters. The summed E-state index contributed by atoms with van der Waals surface area (Å²) in [6.07, 6.45) is 7.74. The minimum absolute atomic E-state index is 0.0790. The number of nitrogens with one attached hydrogen (secondary N) is 2. The smallest absolute Gasteiger partial charge is 0.272 e. The van der Waals surface area contributed by atoms with Crippen molar-refractivity contribution in [1.29, 1.82) is 0 Å². The van der Waals surface area contributed by atoms with E-state index < -0.39 is 0 Å². The van der Waals surface area contributed by atoms with Gasteiger partial charge in [-0.1, -0.05) is 13.8 Å². The summed E-state index contributed by atoms with van der Waals surface area (Å²) < 4.78 is 2.01. The number of carbonyl (C=O) groups is 1. The summed E-state index contributed by atoms with van der Waals surface area (Å²) in [6.45, 7) is 12.8. The molecule has 0 bridgehead atoms. The molecule has 0 spiro atoms. The van der Waals surface area contributed by atoms with Crippen molar-refractivity contribution in [3.63, 3.8) is 0 Å². The minimum Gasteiger partial charge on any atom is -0.348 e. The third-order valence-electron chi connectivity index (χ3n) is 6.15. The van der Waals surface area contributed by atoms with Gasteiger partial charge in [-0.25, -0.2) is 4.98 Å². The van der Waals surface area contributed by atoms with Crippen molar-refractivity contribution in [3.8, 4) is 11.3 Å². The van der Waals surface area contributed by atoms with Crippen molar-refractivity contribution in [1.82, 2.24) is 29.8 Å². The Hall–Kier alpha value is -2.67. The molecule has 7 nitrogen and oxygen atoms in total. The molecule has 0 radical (unpaired) electrons. The maximum Gasteiger partial charge on any atom is 0.272 e. The zero-order chi connectivity index (χ0) is 21.4. The molecule has 3 aromatic heterocycles. The maximum atomic E-state index is 13.1. The Kier molecular flexibility index (Phi) is 5.64. The number of hydrogen-bond acceptors (Lipinski definition) is 4. The van der Waals surface area contributed by atoms with E-state index in [1.54, 1.807) is 6.20 Å². The number of aromatic amines is 1. The van der Waals surface area contributed by atoms with E-state index >= 15 is 0 Å². The van der Waals surface area contributed by atoms with E-state index in [0.717, 1.165) is 54.0 Å². The molecule has 0 aromatic carbocycles. The largest absolute Gasteiger partial charge is 0.348 e. The lowest BCUT2D eigenvalue weighted by Crippen LogP contribution is -2.46. The standard InChI is InChI=1S/C23H32N6O/c1-14(2)19-20(17-12-16(5)22-24-8-11-29(22)13-17)26-27-21(19)23(30)25-18-6-9-28(10-7-18)15(3)4/h8,11-15,18H,6-7,9-10H2,1-5H3,(H,25,30)(H,26,27). The Bertz CT molecular complexity index is 1040. The molecule has 4 rings (SSSR count). The normalized spacial score (nSPS) is 16.1. The number of piperidine rings is 1. The van der Waals surface area contributed by atoms with Crippen LogP contribution in [-0.2, 0) is 0 Å². The van der Waals surface area contributed by atoms with Crippen LogP contribution in [0.3, 0.4) is 0 Å². The molecule has 1 saturated heterocycles. The van der Waals surface area contributed by atoms with Crippen LogP contribution in [0.2, 0.25) is 0 Å². The topological polar surface area (TPSA) is 78.3 Å².